The maximum atomic E-state index is 13.5. The molecule has 3 rings (SSSR count). The highest BCUT2D eigenvalue weighted by atomic mass is 19.1. The number of carboxylic acids is 1. The predicted molar refractivity (Wildman–Crippen MR) is 69.6 cm³/mol. The minimum absolute atomic E-state index is 0.308. The van der Waals surface area contributed by atoms with Gasteiger partial charge in [-0.05, 0) is 37.5 Å². The van der Waals surface area contributed by atoms with E-state index in [4.69, 9.17) is 4.74 Å². The van der Waals surface area contributed by atoms with E-state index in [1.807, 2.05) is 0 Å². The average molecular weight is 292 g/mol. The van der Waals surface area contributed by atoms with E-state index in [1.165, 1.54) is 6.07 Å². The lowest BCUT2D eigenvalue weighted by Gasteiger charge is -2.27. The first-order valence-corrected chi connectivity index (χ1v) is 6.90. The molecule has 1 amide bonds. The number of rotatable bonds is 3. The summed E-state index contributed by atoms with van der Waals surface area (Å²) in [6.07, 6.45) is 0.444. The molecule has 6 heteroatoms. The lowest BCUT2D eigenvalue weighted by molar-refractivity contribution is -0.313. The number of hydrogen-bond acceptors (Lipinski definition) is 4. The van der Waals surface area contributed by atoms with E-state index in [-0.39, 0.29) is 0 Å². The number of carbonyl (C=O) groups excluding carboxylic acids is 2. The number of amides is 1. The number of anilines is 1. The zero-order chi connectivity index (χ0) is 15.1. The van der Waals surface area contributed by atoms with Crippen LogP contribution in [-0.4, -0.2) is 24.1 Å². The number of hydrogen-bond donors (Lipinski definition) is 1. The van der Waals surface area contributed by atoms with E-state index in [2.05, 4.69) is 5.32 Å². The van der Waals surface area contributed by atoms with Gasteiger partial charge in [-0.3, -0.25) is 4.79 Å². The van der Waals surface area contributed by atoms with Crippen LogP contribution in [0.25, 0.3) is 0 Å². The van der Waals surface area contributed by atoms with Crippen molar-refractivity contribution in [2.45, 2.75) is 32.0 Å². The molecule has 21 heavy (non-hydrogen) atoms. The van der Waals surface area contributed by atoms with Crippen LogP contribution in [0.4, 0.5) is 10.1 Å². The Bertz CT molecular complexity index is 603. The van der Waals surface area contributed by atoms with E-state index < -0.39 is 41.7 Å². The van der Waals surface area contributed by atoms with E-state index in [0.717, 1.165) is 0 Å². The molecule has 0 aromatic heterocycles. The molecule has 1 N–H and O–H groups in total. The molecule has 4 atom stereocenters. The van der Waals surface area contributed by atoms with Gasteiger partial charge in [0, 0.05) is 17.6 Å². The van der Waals surface area contributed by atoms with Gasteiger partial charge in [0.25, 0.3) is 0 Å². The number of benzene rings is 1. The monoisotopic (exact) mass is 292 g/mol. The molecule has 2 aliphatic rings. The smallest absolute Gasteiger partial charge is 0.230 e. The minimum Gasteiger partial charge on any atom is -0.550 e. The number of carbonyl (C=O) groups is 2. The maximum Gasteiger partial charge on any atom is 0.230 e. The van der Waals surface area contributed by atoms with Crippen molar-refractivity contribution in [1.29, 1.82) is 0 Å². The van der Waals surface area contributed by atoms with Gasteiger partial charge in [-0.1, -0.05) is 6.07 Å². The van der Waals surface area contributed by atoms with E-state index in [0.29, 0.717) is 24.1 Å². The number of carboxylic acid groups (broad SMARTS) is 1. The van der Waals surface area contributed by atoms with Gasteiger partial charge in [-0.15, -0.1) is 0 Å². The minimum atomic E-state index is -1.27. The first-order chi connectivity index (χ1) is 9.97. The van der Waals surface area contributed by atoms with Crippen molar-refractivity contribution >= 4 is 17.6 Å². The Morgan fingerprint density at radius 1 is 1.29 bits per heavy atom. The third-order valence-electron chi connectivity index (χ3n) is 4.29. The van der Waals surface area contributed by atoms with E-state index in [1.54, 1.807) is 19.1 Å². The molecule has 112 valence electrons. The van der Waals surface area contributed by atoms with Gasteiger partial charge in [-0.25, -0.2) is 4.39 Å². The summed E-state index contributed by atoms with van der Waals surface area (Å²) < 4.78 is 19.0. The van der Waals surface area contributed by atoms with Crippen LogP contribution in [0.1, 0.15) is 18.4 Å². The number of aryl methyl sites for hydroxylation is 1. The summed E-state index contributed by atoms with van der Waals surface area (Å²) in [6.45, 7) is 1.62. The Morgan fingerprint density at radius 3 is 2.57 bits per heavy atom. The van der Waals surface area contributed by atoms with Gasteiger partial charge in [0.15, 0.2) is 0 Å². The zero-order valence-corrected chi connectivity index (χ0v) is 11.5. The van der Waals surface area contributed by atoms with Gasteiger partial charge < -0.3 is 20.0 Å². The highest BCUT2D eigenvalue weighted by Crippen LogP contribution is 2.43. The third-order valence-corrected chi connectivity index (χ3v) is 4.29. The average Bonchev–Trinajstić information content (AvgIpc) is 3.03. The van der Waals surface area contributed by atoms with Crippen LogP contribution in [0.15, 0.2) is 18.2 Å². The Balaban J connectivity index is 1.78. The van der Waals surface area contributed by atoms with Crippen LogP contribution in [0.3, 0.4) is 0 Å². The number of halogens is 1. The van der Waals surface area contributed by atoms with Crippen molar-refractivity contribution in [3.8, 4) is 0 Å². The molecule has 2 bridgehead atoms. The van der Waals surface area contributed by atoms with Gasteiger partial charge in [-0.2, -0.15) is 0 Å². The van der Waals surface area contributed by atoms with Crippen LogP contribution >= 0.6 is 0 Å². The molecule has 1 aromatic carbocycles. The van der Waals surface area contributed by atoms with Gasteiger partial charge >= 0.3 is 0 Å². The molecule has 2 heterocycles. The molecular weight excluding hydrogens is 277 g/mol. The predicted octanol–water partition coefficient (Wildman–Crippen LogP) is 0.616. The Hall–Kier alpha value is -1.95. The largest absolute Gasteiger partial charge is 0.550 e. The SMILES string of the molecule is Cc1ccc(NC(=O)[C@H]2[C@@H](C(=O)[O-])[C@@H]3CC[C@H]2O3)cc1F. The van der Waals surface area contributed by atoms with Crippen molar-refractivity contribution in [2.75, 3.05) is 5.32 Å². The maximum absolute atomic E-state index is 13.5. The molecule has 0 radical (unpaired) electrons. The second kappa shape index (κ2) is 5.11. The number of fused-ring (bicyclic) bond motifs is 2. The fourth-order valence-electron chi connectivity index (χ4n) is 3.21. The topological polar surface area (TPSA) is 78.5 Å². The summed E-state index contributed by atoms with van der Waals surface area (Å²) in [4.78, 5) is 23.5. The van der Waals surface area contributed by atoms with Gasteiger partial charge in [0.2, 0.25) is 5.91 Å². The lowest BCUT2D eigenvalue weighted by atomic mass is 9.78. The molecule has 0 unspecified atom stereocenters. The standard InChI is InChI=1S/C15H16FNO4/c1-7-2-3-8(6-9(7)16)17-14(18)12-10-4-5-11(21-10)13(12)15(19)20/h2-3,6,10-13H,4-5H2,1H3,(H,17,18)(H,19,20)/p-1/t10-,11+,12-,13+/m1/s1. The summed E-state index contributed by atoms with van der Waals surface area (Å²) in [5.74, 6) is -3.86. The highest BCUT2D eigenvalue weighted by molar-refractivity contribution is 5.96. The van der Waals surface area contributed by atoms with E-state index >= 15 is 0 Å². The summed E-state index contributed by atoms with van der Waals surface area (Å²) in [5.41, 5.74) is 0.784. The summed E-state index contributed by atoms with van der Waals surface area (Å²) >= 11 is 0. The molecule has 1 aromatic rings. The Labute approximate surface area is 121 Å². The number of nitrogens with one attached hydrogen (secondary N) is 1. The van der Waals surface area contributed by atoms with Crippen molar-refractivity contribution < 1.29 is 23.8 Å². The Kier molecular flexibility index (Phi) is 3.41. The molecule has 0 aliphatic carbocycles. The second-order valence-corrected chi connectivity index (χ2v) is 5.61. The van der Waals surface area contributed by atoms with Crippen LogP contribution in [0.5, 0.6) is 0 Å². The van der Waals surface area contributed by atoms with E-state index in [9.17, 15) is 19.1 Å². The van der Waals surface area contributed by atoms with Crippen LogP contribution in [0, 0.1) is 24.6 Å². The van der Waals surface area contributed by atoms with Crippen LogP contribution in [0.2, 0.25) is 0 Å². The van der Waals surface area contributed by atoms with Crippen molar-refractivity contribution in [3.63, 3.8) is 0 Å². The zero-order valence-electron chi connectivity index (χ0n) is 11.5. The first kappa shape index (κ1) is 14.0. The van der Waals surface area contributed by atoms with Crippen molar-refractivity contribution in [3.05, 3.63) is 29.6 Å². The second-order valence-electron chi connectivity index (χ2n) is 5.61. The van der Waals surface area contributed by atoms with Crippen LogP contribution < -0.4 is 10.4 Å². The normalized spacial score (nSPS) is 30.4. The number of ether oxygens (including phenoxy) is 1. The first-order valence-electron chi connectivity index (χ1n) is 6.90. The molecular formula is C15H15FNO4-. The molecule has 2 fully saturated rings. The fraction of sp³-hybridized carbons (Fsp3) is 0.467. The summed E-state index contributed by atoms with van der Waals surface area (Å²) in [5, 5.41) is 13.8. The van der Waals surface area contributed by atoms with Gasteiger partial charge in [0.1, 0.15) is 5.82 Å². The summed E-state index contributed by atoms with van der Waals surface area (Å²) in [7, 11) is 0. The van der Waals surface area contributed by atoms with Crippen LogP contribution in [-0.2, 0) is 14.3 Å². The number of aliphatic carboxylic acids is 1. The molecule has 0 spiro atoms. The summed E-state index contributed by atoms with van der Waals surface area (Å²) in [6, 6.07) is 4.35. The fourth-order valence-corrected chi connectivity index (χ4v) is 3.21. The molecule has 0 saturated carbocycles. The third kappa shape index (κ3) is 2.40. The Morgan fingerprint density at radius 2 is 1.95 bits per heavy atom. The van der Waals surface area contributed by atoms with Crippen molar-refractivity contribution in [2.24, 2.45) is 11.8 Å². The quantitative estimate of drug-likeness (QED) is 0.885. The molecule has 5 nitrogen and oxygen atoms in total. The highest BCUT2D eigenvalue weighted by Gasteiger charge is 2.52. The van der Waals surface area contributed by atoms with Gasteiger partial charge in [0.05, 0.1) is 18.1 Å². The molecule has 2 saturated heterocycles. The lowest BCUT2D eigenvalue weighted by Crippen LogP contribution is -2.46. The van der Waals surface area contributed by atoms with Crippen molar-refractivity contribution in [1.82, 2.24) is 0 Å². The molecule has 2 aliphatic heterocycles.